The van der Waals surface area contributed by atoms with Crippen molar-refractivity contribution in [2.75, 3.05) is 6.54 Å². The summed E-state index contributed by atoms with van der Waals surface area (Å²) >= 11 is 0. The monoisotopic (exact) mass is 347 g/mol. The van der Waals surface area contributed by atoms with Crippen LogP contribution in [0.3, 0.4) is 0 Å². The van der Waals surface area contributed by atoms with E-state index in [1.165, 1.54) is 16.0 Å². The summed E-state index contributed by atoms with van der Waals surface area (Å²) in [5.41, 5.74) is 1.88. The van der Waals surface area contributed by atoms with Crippen LogP contribution in [0, 0.1) is 12.8 Å². The van der Waals surface area contributed by atoms with Crippen molar-refractivity contribution in [1.29, 1.82) is 0 Å². The maximum atomic E-state index is 12.3. The van der Waals surface area contributed by atoms with E-state index in [1.807, 2.05) is 0 Å². The van der Waals surface area contributed by atoms with Crippen LogP contribution in [0.5, 0.6) is 0 Å². The fraction of sp³-hybridized carbons (Fsp3) is 0.600. The number of piperidine rings is 1. The molecule has 2 unspecified atom stereocenters. The lowest BCUT2D eigenvalue weighted by molar-refractivity contribution is -0.145. The number of hydrogen-bond acceptors (Lipinski definition) is 3. The van der Waals surface area contributed by atoms with Crippen LogP contribution in [-0.4, -0.2) is 40.3 Å². The zero-order valence-electron chi connectivity index (χ0n) is 15.6. The van der Waals surface area contributed by atoms with Gasteiger partial charge in [-0.25, -0.2) is 9.59 Å². The highest BCUT2D eigenvalue weighted by atomic mass is 16.6. The van der Waals surface area contributed by atoms with Crippen LogP contribution in [0.1, 0.15) is 51.2 Å². The summed E-state index contributed by atoms with van der Waals surface area (Å²) in [4.78, 5) is 25.3. The van der Waals surface area contributed by atoms with E-state index in [4.69, 9.17) is 4.74 Å². The molecule has 5 heteroatoms. The van der Waals surface area contributed by atoms with Gasteiger partial charge < -0.3 is 9.84 Å². The number of carbonyl (C=O) groups is 2. The number of ether oxygens (including phenoxy) is 1. The topological polar surface area (TPSA) is 66.8 Å². The molecule has 0 saturated carbocycles. The highest BCUT2D eigenvalue weighted by Gasteiger charge is 2.38. The third-order valence-corrected chi connectivity index (χ3v) is 4.59. The van der Waals surface area contributed by atoms with E-state index >= 15 is 0 Å². The summed E-state index contributed by atoms with van der Waals surface area (Å²) in [5, 5.41) is 9.54. The number of aryl methyl sites for hydroxylation is 2. The molecule has 1 aromatic rings. The molecule has 1 N–H and O–H groups in total. The maximum absolute atomic E-state index is 12.3. The minimum Gasteiger partial charge on any atom is -0.480 e. The van der Waals surface area contributed by atoms with Crippen molar-refractivity contribution in [2.45, 2.75) is 65.0 Å². The van der Waals surface area contributed by atoms with Crippen LogP contribution in [0.25, 0.3) is 0 Å². The highest BCUT2D eigenvalue weighted by Crippen LogP contribution is 2.28. The number of carboxylic acids is 1. The second-order valence-electron chi connectivity index (χ2n) is 7.94. The predicted molar refractivity (Wildman–Crippen MR) is 96.6 cm³/mol. The number of amides is 1. The molecule has 1 saturated heterocycles. The number of carbonyl (C=O) groups excluding carboxylic acids is 1. The van der Waals surface area contributed by atoms with Crippen LogP contribution in [0.15, 0.2) is 24.3 Å². The van der Waals surface area contributed by atoms with Crippen molar-refractivity contribution in [3.63, 3.8) is 0 Å². The molecule has 0 spiro atoms. The standard InChI is InChI=1S/C20H29NO4/c1-14-5-7-15(8-6-14)9-10-16-11-12-21(17(13-16)18(22)23)19(24)25-20(2,3)4/h5-8,16-17H,9-13H2,1-4H3,(H,22,23). The lowest BCUT2D eigenvalue weighted by Crippen LogP contribution is -2.51. The van der Waals surface area contributed by atoms with Crippen LogP contribution >= 0.6 is 0 Å². The van der Waals surface area contributed by atoms with Gasteiger partial charge in [0.1, 0.15) is 11.6 Å². The molecule has 0 bridgehead atoms. The van der Waals surface area contributed by atoms with Crippen molar-refractivity contribution in [3.8, 4) is 0 Å². The Kier molecular flexibility index (Phi) is 6.09. The van der Waals surface area contributed by atoms with Gasteiger partial charge >= 0.3 is 12.1 Å². The molecule has 138 valence electrons. The quantitative estimate of drug-likeness (QED) is 0.893. The average Bonchev–Trinajstić information content (AvgIpc) is 2.52. The molecule has 1 aliphatic heterocycles. The van der Waals surface area contributed by atoms with Crippen LogP contribution in [-0.2, 0) is 16.0 Å². The molecular weight excluding hydrogens is 318 g/mol. The van der Waals surface area contributed by atoms with Gasteiger partial charge in [-0.1, -0.05) is 29.8 Å². The Morgan fingerprint density at radius 3 is 2.44 bits per heavy atom. The van der Waals surface area contributed by atoms with E-state index in [0.717, 1.165) is 19.3 Å². The van der Waals surface area contributed by atoms with E-state index in [1.54, 1.807) is 20.8 Å². The van der Waals surface area contributed by atoms with Crippen LogP contribution in [0.2, 0.25) is 0 Å². The fourth-order valence-electron chi connectivity index (χ4n) is 3.20. The molecule has 0 aromatic heterocycles. The summed E-state index contributed by atoms with van der Waals surface area (Å²) in [6.07, 6.45) is 2.64. The number of aliphatic carboxylic acids is 1. The first kappa shape index (κ1) is 19.3. The van der Waals surface area contributed by atoms with Crippen molar-refractivity contribution >= 4 is 12.1 Å². The van der Waals surface area contributed by atoms with Gasteiger partial charge in [-0.05, 0) is 64.9 Å². The summed E-state index contributed by atoms with van der Waals surface area (Å²) in [5.74, 6) is -0.646. The van der Waals surface area contributed by atoms with Gasteiger partial charge in [-0.15, -0.1) is 0 Å². The average molecular weight is 347 g/mol. The minimum atomic E-state index is -0.953. The largest absolute Gasteiger partial charge is 0.480 e. The van der Waals surface area contributed by atoms with E-state index in [9.17, 15) is 14.7 Å². The van der Waals surface area contributed by atoms with E-state index in [-0.39, 0.29) is 0 Å². The second-order valence-corrected chi connectivity index (χ2v) is 7.94. The summed E-state index contributed by atoms with van der Waals surface area (Å²) < 4.78 is 5.36. The first-order valence-corrected chi connectivity index (χ1v) is 8.93. The lowest BCUT2D eigenvalue weighted by Gasteiger charge is -2.38. The minimum absolute atomic E-state index is 0.307. The molecule has 0 radical (unpaired) electrons. The number of rotatable bonds is 4. The summed E-state index contributed by atoms with van der Waals surface area (Å²) in [7, 11) is 0. The zero-order chi connectivity index (χ0) is 18.6. The third kappa shape index (κ3) is 5.76. The number of carboxylic acid groups (broad SMARTS) is 1. The normalized spacial score (nSPS) is 21.0. The molecule has 1 amide bonds. The molecule has 0 aliphatic carbocycles. The summed E-state index contributed by atoms with van der Waals surface area (Å²) in [6, 6.07) is 7.65. The zero-order valence-corrected chi connectivity index (χ0v) is 15.6. The molecule has 1 aliphatic rings. The fourth-order valence-corrected chi connectivity index (χ4v) is 3.20. The Morgan fingerprint density at radius 2 is 1.88 bits per heavy atom. The SMILES string of the molecule is Cc1ccc(CCC2CCN(C(=O)OC(C)(C)C)C(C(=O)O)C2)cc1. The van der Waals surface area contributed by atoms with Crippen molar-refractivity contribution < 1.29 is 19.4 Å². The molecule has 2 rings (SSSR count). The number of hydrogen-bond donors (Lipinski definition) is 1. The highest BCUT2D eigenvalue weighted by molar-refractivity contribution is 5.80. The lowest BCUT2D eigenvalue weighted by atomic mass is 9.86. The second kappa shape index (κ2) is 7.89. The summed E-state index contributed by atoms with van der Waals surface area (Å²) in [6.45, 7) is 7.86. The van der Waals surface area contributed by atoms with Crippen molar-refractivity contribution in [3.05, 3.63) is 35.4 Å². The number of likely N-dealkylation sites (tertiary alicyclic amines) is 1. The maximum Gasteiger partial charge on any atom is 0.411 e. The molecule has 2 atom stereocenters. The molecule has 1 aromatic carbocycles. The number of benzene rings is 1. The van der Waals surface area contributed by atoms with E-state index in [2.05, 4.69) is 31.2 Å². The van der Waals surface area contributed by atoms with Crippen LogP contribution < -0.4 is 0 Å². The molecule has 5 nitrogen and oxygen atoms in total. The van der Waals surface area contributed by atoms with Crippen molar-refractivity contribution in [2.24, 2.45) is 5.92 Å². The number of nitrogens with zero attached hydrogens (tertiary/aromatic N) is 1. The van der Waals surface area contributed by atoms with Gasteiger partial charge in [0, 0.05) is 6.54 Å². The van der Waals surface area contributed by atoms with Gasteiger partial charge in [-0.3, -0.25) is 4.90 Å². The smallest absolute Gasteiger partial charge is 0.411 e. The Balaban J connectivity index is 1.94. The predicted octanol–water partition coefficient (Wildman–Crippen LogP) is 4.03. The molecule has 25 heavy (non-hydrogen) atoms. The Hall–Kier alpha value is -2.04. The van der Waals surface area contributed by atoms with Gasteiger partial charge in [0.2, 0.25) is 0 Å². The van der Waals surface area contributed by atoms with E-state index in [0.29, 0.717) is 18.9 Å². The van der Waals surface area contributed by atoms with Crippen molar-refractivity contribution in [1.82, 2.24) is 4.90 Å². The van der Waals surface area contributed by atoms with Gasteiger partial charge in [0.15, 0.2) is 0 Å². The Morgan fingerprint density at radius 1 is 1.24 bits per heavy atom. The molecular formula is C20H29NO4. The van der Waals surface area contributed by atoms with Crippen LogP contribution in [0.4, 0.5) is 4.79 Å². The van der Waals surface area contributed by atoms with E-state index < -0.39 is 23.7 Å². The first-order chi connectivity index (χ1) is 11.7. The van der Waals surface area contributed by atoms with Gasteiger partial charge in [0.05, 0.1) is 0 Å². The third-order valence-electron chi connectivity index (χ3n) is 4.59. The Bertz CT molecular complexity index is 603. The first-order valence-electron chi connectivity index (χ1n) is 8.93. The van der Waals surface area contributed by atoms with Gasteiger partial charge in [-0.2, -0.15) is 0 Å². The van der Waals surface area contributed by atoms with Gasteiger partial charge in [0.25, 0.3) is 0 Å². The molecule has 1 heterocycles. The Labute approximate surface area is 150 Å². The molecule has 1 fully saturated rings.